The average Bonchev–Trinajstić information content (AvgIpc) is 3.42. The number of amides is 2. The van der Waals surface area contributed by atoms with Gasteiger partial charge in [-0.1, -0.05) is 30.0 Å². The van der Waals surface area contributed by atoms with Crippen LogP contribution in [0, 0.1) is 12.7 Å². The summed E-state index contributed by atoms with van der Waals surface area (Å²) in [7, 11) is 0. The number of halogens is 1. The zero-order valence-corrected chi connectivity index (χ0v) is 21.6. The first kappa shape index (κ1) is 25.5. The Morgan fingerprint density at radius 2 is 1.66 bits per heavy atom. The number of aryl methyl sites for hydroxylation is 1. The number of hydrogen-bond donors (Lipinski definition) is 1. The van der Waals surface area contributed by atoms with Gasteiger partial charge in [-0.15, -0.1) is 10.2 Å². The van der Waals surface area contributed by atoms with Crippen molar-refractivity contribution in [2.24, 2.45) is 0 Å². The number of rotatable bonds is 7. The van der Waals surface area contributed by atoms with Crippen LogP contribution in [0.3, 0.4) is 0 Å². The number of anilines is 2. The van der Waals surface area contributed by atoms with Crippen molar-refractivity contribution in [2.75, 3.05) is 42.1 Å². The molecule has 0 unspecified atom stereocenters. The van der Waals surface area contributed by atoms with Gasteiger partial charge in [0.1, 0.15) is 5.82 Å². The van der Waals surface area contributed by atoms with Crippen LogP contribution in [0.4, 0.5) is 15.8 Å². The predicted octanol–water partition coefficient (Wildman–Crippen LogP) is 4.88. The van der Waals surface area contributed by atoms with Crippen LogP contribution in [-0.2, 0) is 4.79 Å². The topological polar surface area (TPSA) is 91.6 Å². The Bertz CT molecular complexity index is 1420. The first-order valence-corrected chi connectivity index (χ1v) is 13.2. The highest BCUT2D eigenvalue weighted by Crippen LogP contribution is 2.24. The molecule has 1 saturated heterocycles. The van der Waals surface area contributed by atoms with Crippen LogP contribution in [-0.4, -0.2) is 58.8 Å². The Morgan fingerprint density at radius 3 is 2.37 bits per heavy atom. The Balaban J connectivity index is 1.09. The molecule has 0 radical (unpaired) electrons. The van der Waals surface area contributed by atoms with E-state index >= 15 is 0 Å². The van der Waals surface area contributed by atoms with Crippen molar-refractivity contribution < 1.29 is 18.4 Å². The van der Waals surface area contributed by atoms with E-state index in [4.69, 9.17) is 4.42 Å². The van der Waals surface area contributed by atoms with E-state index in [9.17, 15) is 14.0 Å². The molecule has 194 valence electrons. The number of benzene rings is 3. The summed E-state index contributed by atoms with van der Waals surface area (Å²) in [6.07, 6.45) is 0. The lowest BCUT2D eigenvalue weighted by Crippen LogP contribution is -2.48. The molecule has 38 heavy (non-hydrogen) atoms. The van der Waals surface area contributed by atoms with Gasteiger partial charge in [0.15, 0.2) is 0 Å². The van der Waals surface area contributed by atoms with Crippen molar-refractivity contribution in [2.45, 2.75) is 12.1 Å². The number of nitrogens with one attached hydrogen (secondary N) is 1. The molecule has 1 fully saturated rings. The van der Waals surface area contributed by atoms with Crippen LogP contribution in [0.25, 0.3) is 11.5 Å². The van der Waals surface area contributed by atoms with Gasteiger partial charge in [-0.2, -0.15) is 0 Å². The van der Waals surface area contributed by atoms with Crippen LogP contribution >= 0.6 is 11.8 Å². The first-order chi connectivity index (χ1) is 18.5. The molecule has 2 heterocycles. The summed E-state index contributed by atoms with van der Waals surface area (Å²) in [5.41, 5.74) is 4.08. The van der Waals surface area contributed by atoms with Gasteiger partial charge in [-0.05, 0) is 67.1 Å². The number of carbonyl (C=O) groups is 2. The van der Waals surface area contributed by atoms with Crippen LogP contribution in [0.5, 0.6) is 0 Å². The second kappa shape index (κ2) is 11.5. The minimum Gasteiger partial charge on any atom is -0.411 e. The highest BCUT2D eigenvalue weighted by molar-refractivity contribution is 7.99. The molecule has 0 aliphatic carbocycles. The fourth-order valence-corrected chi connectivity index (χ4v) is 4.77. The molecule has 0 spiro atoms. The van der Waals surface area contributed by atoms with E-state index < -0.39 is 0 Å². The summed E-state index contributed by atoms with van der Waals surface area (Å²) in [4.78, 5) is 29.4. The Kier molecular flexibility index (Phi) is 7.69. The SMILES string of the molecule is Cc1ccccc1C(=O)N1CCN(c2ccc(NC(=O)CSc3nnc(-c4ccc(F)cc4)o3)cc2)CC1. The molecule has 0 bridgehead atoms. The van der Waals surface area contributed by atoms with E-state index in [1.54, 1.807) is 12.1 Å². The molecule has 1 aliphatic heterocycles. The van der Waals surface area contributed by atoms with Crippen molar-refractivity contribution in [3.63, 3.8) is 0 Å². The maximum Gasteiger partial charge on any atom is 0.277 e. The molecule has 2 amide bonds. The van der Waals surface area contributed by atoms with Crippen molar-refractivity contribution in [1.82, 2.24) is 15.1 Å². The monoisotopic (exact) mass is 531 g/mol. The number of aromatic nitrogens is 2. The first-order valence-electron chi connectivity index (χ1n) is 12.2. The lowest BCUT2D eigenvalue weighted by Gasteiger charge is -2.36. The molecule has 3 aromatic carbocycles. The molecule has 0 saturated carbocycles. The van der Waals surface area contributed by atoms with Gasteiger partial charge in [-0.3, -0.25) is 9.59 Å². The van der Waals surface area contributed by atoms with E-state index in [0.29, 0.717) is 24.3 Å². The molecule has 1 aromatic heterocycles. The van der Waals surface area contributed by atoms with Gasteiger partial charge < -0.3 is 19.5 Å². The van der Waals surface area contributed by atoms with E-state index in [2.05, 4.69) is 20.4 Å². The van der Waals surface area contributed by atoms with Gasteiger partial charge in [-0.25, -0.2) is 4.39 Å². The zero-order valence-electron chi connectivity index (χ0n) is 20.8. The molecule has 0 atom stereocenters. The number of thioether (sulfide) groups is 1. The van der Waals surface area contributed by atoms with Crippen LogP contribution in [0.2, 0.25) is 0 Å². The second-order valence-electron chi connectivity index (χ2n) is 8.86. The third kappa shape index (κ3) is 6.03. The minimum atomic E-state index is -0.347. The highest BCUT2D eigenvalue weighted by atomic mass is 32.2. The quantitative estimate of drug-likeness (QED) is 0.340. The fourth-order valence-electron chi connectivity index (χ4n) is 4.21. The van der Waals surface area contributed by atoms with E-state index in [1.807, 2.05) is 60.4 Å². The lowest BCUT2D eigenvalue weighted by molar-refractivity contribution is -0.113. The number of carbonyl (C=O) groups excluding carboxylic acids is 2. The Hall–Kier alpha value is -4.18. The van der Waals surface area contributed by atoms with Crippen molar-refractivity contribution in [3.05, 3.63) is 89.7 Å². The predicted molar refractivity (Wildman–Crippen MR) is 145 cm³/mol. The molecule has 5 rings (SSSR count). The smallest absolute Gasteiger partial charge is 0.277 e. The zero-order chi connectivity index (χ0) is 26.5. The van der Waals surface area contributed by atoms with E-state index in [1.165, 1.54) is 12.1 Å². The maximum atomic E-state index is 13.1. The van der Waals surface area contributed by atoms with Crippen molar-refractivity contribution in [3.8, 4) is 11.5 Å². The van der Waals surface area contributed by atoms with Crippen LogP contribution in [0.1, 0.15) is 15.9 Å². The van der Waals surface area contributed by atoms with Crippen LogP contribution < -0.4 is 10.2 Å². The third-order valence-electron chi connectivity index (χ3n) is 6.28. The van der Waals surface area contributed by atoms with Gasteiger partial charge in [0.25, 0.3) is 11.1 Å². The highest BCUT2D eigenvalue weighted by Gasteiger charge is 2.23. The normalized spacial score (nSPS) is 13.4. The Morgan fingerprint density at radius 1 is 0.947 bits per heavy atom. The van der Waals surface area contributed by atoms with Crippen molar-refractivity contribution in [1.29, 1.82) is 0 Å². The molecule has 1 N–H and O–H groups in total. The number of nitrogens with zero attached hydrogens (tertiary/aromatic N) is 4. The largest absolute Gasteiger partial charge is 0.411 e. The molecule has 4 aromatic rings. The summed E-state index contributed by atoms with van der Waals surface area (Å²) in [5, 5.41) is 11.0. The van der Waals surface area contributed by atoms with E-state index in [0.717, 1.165) is 41.7 Å². The molecular formula is C28H26FN5O3S. The Labute approximate surface area is 223 Å². The summed E-state index contributed by atoms with van der Waals surface area (Å²) < 4.78 is 18.6. The number of piperazine rings is 1. The number of hydrogen-bond acceptors (Lipinski definition) is 7. The van der Waals surface area contributed by atoms with Gasteiger partial charge in [0.05, 0.1) is 5.75 Å². The van der Waals surface area contributed by atoms with Crippen LogP contribution in [0.15, 0.2) is 82.4 Å². The average molecular weight is 532 g/mol. The van der Waals surface area contributed by atoms with Gasteiger partial charge >= 0.3 is 0 Å². The summed E-state index contributed by atoms with van der Waals surface area (Å²) >= 11 is 1.13. The summed E-state index contributed by atoms with van der Waals surface area (Å²) in [5.74, 6) is -0.105. The minimum absolute atomic E-state index is 0.0749. The summed E-state index contributed by atoms with van der Waals surface area (Å²) in [6, 6.07) is 21.1. The molecule has 1 aliphatic rings. The van der Waals surface area contributed by atoms with Gasteiger partial charge in [0.2, 0.25) is 11.8 Å². The van der Waals surface area contributed by atoms with E-state index in [-0.39, 0.29) is 34.5 Å². The third-order valence-corrected chi connectivity index (χ3v) is 7.10. The molecular weight excluding hydrogens is 505 g/mol. The molecule has 8 nitrogen and oxygen atoms in total. The fraction of sp³-hybridized carbons (Fsp3) is 0.214. The standard InChI is InChI=1S/C28H26FN5O3S/c1-19-4-2-3-5-24(19)27(36)34-16-14-33(15-17-34)23-12-10-22(11-13-23)30-25(35)18-38-28-32-31-26(37-28)20-6-8-21(29)9-7-20/h2-13H,14-18H2,1H3,(H,30,35). The summed E-state index contributed by atoms with van der Waals surface area (Å²) in [6.45, 7) is 4.75. The second-order valence-corrected chi connectivity index (χ2v) is 9.78. The lowest BCUT2D eigenvalue weighted by atomic mass is 10.1. The maximum absolute atomic E-state index is 13.1. The molecule has 10 heteroatoms. The van der Waals surface area contributed by atoms with Crippen molar-refractivity contribution >= 4 is 35.0 Å². The van der Waals surface area contributed by atoms with Gasteiger partial charge in [0, 0.05) is 48.7 Å².